The molecular formula is C20H22Cl2N2O3. The molecule has 0 heterocycles. The van der Waals surface area contributed by atoms with Crippen LogP contribution in [0, 0.1) is 0 Å². The Hall–Kier alpha value is -2.24. The van der Waals surface area contributed by atoms with Crippen molar-refractivity contribution in [2.45, 2.75) is 26.7 Å². The van der Waals surface area contributed by atoms with E-state index in [0.29, 0.717) is 29.5 Å². The van der Waals surface area contributed by atoms with Gasteiger partial charge in [-0.2, -0.15) is 5.10 Å². The summed E-state index contributed by atoms with van der Waals surface area (Å²) in [6, 6.07) is 10.1. The fourth-order valence-electron chi connectivity index (χ4n) is 2.16. The maximum atomic E-state index is 12.2. The summed E-state index contributed by atoms with van der Waals surface area (Å²) in [5, 5.41) is 4.73. The van der Waals surface area contributed by atoms with Crippen molar-refractivity contribution < 1.29 is 14.3 Å². The smallest absolute Gasteiger partial charge is 0.272 e. The predicted octanol–water partition coefficient (Wildman–Crippen LogP) is 5.33. The van der Waals surface area contributed by atoms with Crippen molar-refractivity contribution in [2.75, 3.05) is 13.2 Å². The van der Waals surface area contributed by atoms with Crippen LogP contribution < -0.4 is 14.9 Å². The van der Waals surface area contributed by atoms with E-state index in [-0.39, 0.29) is 5.02 Å². The fourth-order valence-corrected chi connectivity index (χ4v) is 2.66. The number of ether oxygens (including phenoxy) is 2. The molecule has 0 bridgehead atoms. The molecule has 144 valence electrons. The Morgan fingerprint density at radius 2 is 1.81 bits per heavy atom. The summed E-state index contributed by atoms with van der Waals surface area (Å²) in [6.07, 6.45) is 3.33. The quantitative estimate of drug-likeness (QED) is 0.450. The Morgan fingerprint density at radius 3 is 2.52 bits per heavy atom. The number of hydrazone groups is 1. The summed E-state index contributed by atoms with van der Waals surface area (Å²) in [5.74, 6) is 0.955. The van der Waals surface area contributed by atoms with Gasteiger partial charge in [0.2, 0.25) is 0 Å². The van der Waals surface area contributed by atoms with E-state index in [4.69, 9.17) is 32.7 Å². The van der Waals surface area contributed by atoms with Crippen molar-refractivity contribution in [3.05, 3.63) is 57.6 Å². The average molecular weight is 409 g/mol. The molecule has 1 N–H and O–H groups in total. The first kappa shape index (κ1) is 21.1. The standard InChI is InChI=1S/C20H22Cl2N2O3/c1-3-9-26-16-7-5-14(19(12-16)27-10-4-2)13-23-24-20(25)17-8-6-15(21)11-18(17)22/h5-8,11-13H,3-4,9-10H2,1-2H3,(H,24,25). The van der Waals surface area contributed by atoms with Gasteiger partial charge >= 0.3 is 0 Å². The van der Waals surface area contributed by atoms with Crippen LogP contribution in [-0.4, -0.2) is 25.3 Å². The topological polar surface area (TPSA) is 59.9 Å². The number of halogens is 2. The lowest BCUT2D eigenvalue weighted by atomic mass is 10.2. The maximum Gasteiger partial charge on any atom is 0.272 e. The Balaban J connectivity index is 2.10. The van der Waals surface area contributed by atoms with Crippen LogP contribution in [-0.2, 0) is 0 Å². The van der Waals surface area contributed by atoms with Gasteiger partial charge in [-0.05, 0) is 43.2 Å². The van der Waals surface area contributed by atoms with Gasteiger partial charge in [-0.15, -0.1) is 0 Å². The highest BCUT2D eigenvalue weighted by Gasteiger charge is 2.10. The van der Waals surface area contributed by atoms with Crippen molar-refractivity contribution in [1.29, 1.82) is 0 Å². The van der Waals surface area contributed by atoms with Gasteiger partial charge in [-0.1, -0.05) is 37.0 Å². The van der Waals surface area contributed by atoms with Crippen molar-refractivity contribution in [3.63, 3.8) is 0 Å². The molecule has 0 saturated carbocycles. The molecule has 0 fully saturated rings. The minimum absolute atomic E-state index is 0.264. The molecule has 0 aromatic heterocycles. The molecule has 27 heavy (non-hydrogen) atoms. The molecule has 0 saturated heterocycles. The zero-order chi connectivity index (χ0) is 19.6. The number of carbonyl (C=O) groups excluding carboxylic acids is 1. The largest absolute Gasteiger partial charge is 0.493 e. The summed E-state index contributed by atoms with van der Waals surface area (Å²) in [5.41, 5.74) is 3.48. The predicted molar refractivity (Wildman–Crippen MR) is 110 cm³/mol. The molecular weight excluding hydrogens is 387 g/mol. The maximum absolute atomic E-state index is 12.2. The lowest BCUT2D eigenvalue weighted by molar-refractivity contribution is 0.0955. The third kappa shape index (κ3) is 6.45. The van der Waals surface area contributed by atoms with Crippen molar-refractivity contribution in [2.24, 2.45) is 5.10 Å². The van der Waals surface area contributed by atoms with E-state index < -0.39 is 5.91 Å². The fraction of sp³-hybridized carbons (Fsp3) is 0.300. The van der Waals surface area contributed by atoms with E-state index >= 15 is 0 Å². The SMILES string of the molecule is CCCOc1ccc(C=NNC(=O)c2ccc(Cl)cc2Cl)c(OCCC)c1. The second kappa shape index (κ2) is 10.8. The number of amides is 1. The molecule has 0 aliphatic carbocycles. The van der Waals surface area contributed by atoms with E-state index in [1.165, 1.54) is 12.3 Å². The number of nitrogens with zero attached hydrogens (tertiary/aromatic N) is 1. The molecule has 2 aromatic carbocycles. The normalized spacial score (nSPS) is 10.8. The third-order valence-electron chi connectivity index (χ3n) is 3.47. The van der Waals surface area contributed by atoms with Gasteiger partial charge in [-0.3, -0.25) is 4.79 Å². The van der Waals surface area contributed by atoms with E-state index in [2.05, 4.69) is 10.5 Å². The molecule has 1 amide bonds. The molecule has 0 radical (unpaired) electrons. The first-order valence-electron chi connectivity index (χ1n) is 8.73. The zero-order valence-corrected chi connectivity index (χ0v) is 16.8. The number of nitrogens with one attached hydrogen (secondary N) is 1. The Kier molecular flexibility index (Phi) is 8.43. The zero-order valence-electron chi connectivity index (χ0n) is 15.3. The van der Waals surface area contributed by atoms with Gasteiger partial charge in [0.15, 0.2) is 0 Å². The number of hydrogen-bond donors (Lipinski definition) is 1. The average Bonchev–Trinajstić information content (AvgIpc) is 2.65. The van der Waals surface area contributed by atoms with Crippen LogP contribution in [0.15, 0.2) is 41.5 Å². The van der Waals surface area contributed by atoms with Crippen molar-refractivity contribution >= 4 is 35.3 Å². The number of hydrogen-bond acceptors (Lipinski definition) is 4. The van der Waals surface area contributed by atoms with Gasteiger partial charge in [-0.25, -0.2) is 5.43 Å². The number of rotatable bonds is 9. The molecule has 0 spiro atoms. The van der Waals surface area contributed by atoms with Crippen LogP contribution in [0.3, 0.4) is 0 Å². The van der Waals surface area contributed by atoms with E-state index in [1.54, 1.807) is 12.1 Å². The molecule has 0 aliphatic rings. The lowest BCUT2D eigenvalue weighted by Gasteiger charge is -2.11. The number of carbonyl (C=O) groups is 1. The monoisotopic (exact) mass is 408 g/mol. The summed E-state index contributed by atoms with van der Waals surface area (Å²) in [7, 11) is 0. The summed E-state index contributed by atoms with van der Waals surface area (Å²) in [4.78, 5) is 12.2. The molecule has 5 nitrogen and oxygen atoms in total. The van der Waals surface area contributed by atoms with Gasteiger partial charge in [0, 0.05) is 16.7 Å². The first-order chi connectivity index (χ1) is 13.0. The van der Waals surface area contributed by atoms with E-state index in [1.807, 2.05) is 32.0 Å². The molecule has 0 aliphatic heterocycles. The van der Waals surface area contributed by atoms with Gasteiger partial charge in [0.1, 0.15) is 11.5 Å². The highest BCUT2D eigenvalue weighted by molar-refractivity contribution is 6.36. The molecule has 0 unspecified atom stereocenters. The molecule has 0 atom stereocenters. The second-order valence-corrected chi connectivity index (χ2v) is 6.56. The highest BCUT2D eigenvalue weighted by Crippen LogP contribution is 2.24. The summed E-state index contributed by atoms with van der Waals surface area (Å²) >= 11 is 11.9. The minimum atomic E-state index is -0.424. The van der Waals surface area contributed by atoms with Crippen LogP contribution in [0.4, 0.5) is 0 Å². The Morgan fingerprint density at radius 1 is 1.07 bits per heavy atom. The van der Waals surface area contributed by atoms with Crippen molar-refractivity contribution in [3.8, 4) is 11.5 Å². The van der Waals surface area contributed by atoms with Crippen molar-refractivity contribution in [1.82, 2.24) is 5.43 Å². The van der Waals surface area contributed by atoms with Crippen LogP contribution in [0.2, 0.25) is 10.0 Å². The minimum Gasteiger partial charge on any atom is -0.493 e. The molecule has 2 aromatic rings. The van der Waals surface area contributed by atoms with E-state index in [0.717, 1.165) is 24.2 Å². The second-order valence-electron chi connectivity index (χ2n) is 5.72. The highest BCUT2D eigenvalue weighted by atomic mass is 35.5. The Labute approximate surface area is 169 Å². The van der Waals surface area contributed by atoms with E-state index in [9.17, 15) is 4.79 Å². The van der Waals surface area contributed by atoms with Gasteiger partial charge in [0.25, 0.3) is 5.91 Å². The summed E-state index contributed by atoms with van der Waals surface area (Å²) in [6.45, 7) is 5.29. The lowest BCUT2D eigenvalue weighted by Crippen LogP contribution is -2.18. The van der Waals surface area contributed by atoms with Crippen LogP contribution in [0.25, 0.3) is 0 Å². The summed E-state index contributed by atoms with van der Waals surface area (Å²) < 4.78 is 11.4. The molecule has 2 rings (SSSR count). The van der Waals surface area contributed by atoms with Crippen LogP contribution in [0.5, 0.6) is 11.5 Å². The third-order valence-corrected chi connectivity index (χ3v) is 4.01. The molecule has 7 heteroatoms. The van der Waals surface area contributed by atoms with Gasteiger partial charge in [0.05, 0.1) is 30.0 Å². The first-order valence-corrected chi connectivity index (χ1v) is 9.48. The number of benzene rings is 2. The van der Waals surface area contributed by atoms with Gasteiger partial charge < -0.3 is 9.47 Å². The Bertz CT molecular complexity index is 810. The van der Waals surface area contributed by atoms with Crippen LogP contribution in [0.1, 0.15) is 42.6 Å². The van der Waals surface area contributed by atoms with Crippen LogP contribution >= 0.6 is 23.2 Å².